The number of amides is 1. The molecule has 3 aromatic rings. The summed E-state index contributed by atoms with van der Waals surface area (Å²) in [5.74, 6) is -0.0129. The minimum atomic E-state index is -0.755. The lowest BCUT2D eigenvalue weighted by molar-refractivity contribution is 0.0568. The van der Waals surface area contributed by atoms with Crippen molar-refractivity contribution in [3.63, 3.8) is 0 Å². The summed E-state index contributed by atoms with van der Waals surface area (Å²) in [6.45, 7) is 4.94. The maximum Gasteiger partial charge on any atom is 0.418 e. The predicted octanol–water partition coefficient (Wildman–Crippen LogP) is 3.61. The summed E-state index contributed by atoms with van der Waals surface area (Å²) >= 11 is 0. The third-order valence-electron chi connectivity index (χ3n) is 4.19. The van der Waals surface area contributed by atoms with Gasteiger partial charge >= 0.3 is 12.1 Å². The summed E-state index contributed by atoms with van der Waals surface area (Å²) in [6, 6.07) is 8.69. The summed E-state index contributed by atoms with van der Waals surface area (Å²) in [6.07, 6.45) is 1.19. The Balaban J connectivity index is 1.63. The Labute approximate surface area is 166 Å². The van der Waals surface area contributed by atoms with Crippen LogP contribution in [0, 0.1) is 5.95 Å². The first-order chi connectivity index (χ1) is 13.8. The van der Waals surface area contributed by atoms with Crippen molar-refractivity contribution in [2.45, 2.75) is 51.7 Å². The number of hydrogen-bond acceptors (Lipinski definition) is 7. The van der Waals surface area contributed by atoms with Crippen LogP contribution in [0.1, 0.15) is 51.1 Å². The molecule has 1 aliphatic carbocycles. The van der Waals surface area contributed by atoms with E-state index >= 15 is 0 Å². The van der Waals surface area contributed by atoms with E-state index < -0.39 is 17.6 Å². The van der Waals surface area contributed by atoms with Crippen LogP contribution in [0.4, 0.5) is 15.2 Å². The molecule has 0 spiro atoms. The summed E-state index contributed by atoms with van der Waals surface area (Å²) in [7, 11) is 0. The first-order valence-corrected chi connectivity index (χ1v) is 9.31. The minimum Gasteiger partial charge on any atom is -0.443 e. The second-order valence-corrected chi connectivity index (χ2v) is 7.84. The molecule has 1 fully saturated rings. The lowest BCUT2D eigenvalue weighted by atomic mass is 10.2. The second kappa shape index (κ2) is 7.26. The molecule has 0 saturated heterocycles. The lowest BCUT2D eigenvalue weighted by Gasteiger charge is -2.24. The normalized spacial score (nSPS) is 14.1. The van der Waals surface area contributed by atoms with Crippen molar-refractivity contribution in [1.82, 2.24) is 25.2 Å². The Morgan fingerprint density at radius 3 is 2.62 bits per heavy atom. The smallest absolute Gasteiger partial charge is 0.418 e. The van der Waals surface area contributed by atoms with Crippen LogP contribution in [0.25, 0.3) is 5.69 Å². The van der Waals surface area contributed by atoms with Crippen LogP contribution in [0.5, 0.6) is 0 Å². The lowest BCUT2D eigenvalue weighted by Crippen LogP contribution is -2.37. The molecule has 152 valence electrons. The molecule has 29 heavy (non-hydrogen) atoms. The zero-order valence-corrected chi connectivity index (χ0v) is 16.4. The zero-order valence-electron chi connectivity index (χ0n) is 16.4. The van der Waals surface area contributed by atoms with Gasteiger partial charge in [-0.25, -0.2) is 9.69 Å². The molecule has 0 radical (unpaired) electrons. The predicted molar refractivity (Wildman–Crippen MR) is 100 cm³/mol. The average molecular weight is 400 g/mol. The molecule has 9 nitrogen and oxygen atoms in total. The van der Waals surface area contributed by atoms with Gasteiger partial charge in [-0.2, -0.15) is 9.07 Å². The molecular formula is C19H21FN6O3. The monoisotopic (exact) mass is 400 g/mol. The molecule has 1 aliphatic rings. The van der Waals surface area contributed by atoms with Crippen molar-refractivity contribution in [2.24, 2.45) is 0 Å². The number of aromatic nitrogens is 5. The Morgan fingerprint density at radius 1 is 1.24 bits per heavy atom. The van der Waals surface area contributed by atoms with Crippen LogP contribution < -0.4 is 4.90 Å². The highest BCUT2D eigenvalue weighted by Crippen LogP contribution is 2.40. The number of halogens is 1. The average Bonchev–Trinajstić information content (AvgIpc) is 3.29. The highest BCUT2D eigenvalue weighted by molar-refractivity contribution is 5.84. The largest absolute Gasteiger partial charge is 0.443 e. The Hall–Kier alpha value is -3.30. The minimum absolute atomic E-state index is 0.0501. The van der Waals surface area contributed by atoms with Gasteiger partial charge in [-0.1, -0.05) is 28.5 Å². The van der Waals surface area contributed by atoms with Crippen LogP contribution in [-0.4, -0.2) is 36.9 Å². The van der Waals surface area contributed by atoms with Gasteiger partial charge in [-0.3, -0.25) is 0 Å². The first kappa shape index (κ1) is 19.0. The van der Waals surface area contributed by atoms with E-state index in [4.69, 9.17) is 9.15 Å². The Morgan fingerprint density at radius 2 is 1.97 bits per heavy atom. The number of anilines is 1. The van der Waals surface area contributed by atoms with Gasteiger partial charge in [0.1, 0.15) is 11.3 Å². The van der Waals surface area contributed by atoms with E-state index in [-0.39, 0.29) is 24.2 Å². The highest BCUT2D eigenvalue weighted by Gasteiger charge is 2.34. The fourth-order valence-corrected chi connectivity index (χ4v) is 2.64. The molecule has 1 amide bonds. The molecular weight excluding hydrogens is 379 g/mol. The summed E-state index contributed by atoms with van der Waals surface area (Å²) in [4.78, 5) is 13.8. The van der Waals surface area contributed by atoms with E-state index in [1.165, 1.54) is 0 Å². The van der Waals surface area contributed by atoms with E-state index in [9.17, 15) is 9.18 Å². The number of ether oxygens (including phenoxy) is 1. The van der Waals surface area contributed by atoms with Crippen molar-refractivity contribution in [2.75, 3.05) is 4.90 Å². The van der Waals surface area contributed by atoms with E-state index in [1.54, 1.807) is 45.0 Å². The van der Waals surface area contributed by atoms with Gasteiger partial charge < -0.3 is 9.15 Å². The standard InChI is InChI=1S/C19H21FN6O3/c1-19(2,3)29-18(27)25(17-23-22-16(28-17)12-9-10-12)11-14-15(20)26(24-21-14)13-7-5-4-6-8-13/h4-8,12H,9-11H2,1-3H3. The molecule has 2 heterocycles. The molecule has 0 unspecified atom stereocenters. The number of rotatable bonds is 5. The van der Waals surface area contributed by atoms with Gasteiger partial charge in [0.25, 0.3) is 0 Å². The Kier molecular flexibility index (Phi) is 4.77. The first-order valence-electron chi connectivity index (χ1n) is 9.31. The maximum absolute atomic E-state index is 14.9. The number of nitrogens with zero attached hydrogens (tertiary/aromatic N) is 6. The van der Waals surface area contributed by atoms with Crippen molar-refractivity contribution in [1.29, 1.82) is 0 Å². The molecule has 1 saturated carbocycles. The fourth-order valence-electron chi connectivity index (χ4n) is 2.64. The van der Waals surface area contributed by atoms with Gasteiger partial charge in [0, 0.05) is 5.92 Å². The van der Waals surface area contributed by atoms with Gasteiger partial charge in [0.05, 0.1) is 12.2 Å². The highest BCUT2D eigenvalue weighted by atomic mass is 19.1. The van der Waals surface area contributed by atoms with Crippen LogP contribution in [0.3, 0.4) is 0 Å². The van der Waals surface area contributed by atoms with Crippen molar-refractivity contribution >= 4 is 12.1 Å². The van der Waals surface area contributed by atoms with Gasteiger partial charge in [-0.05, 0) is 45.7 Å². The number of hydrogen-bond donors (Lipinski definition) is 0. The summed E-state index contributed by atoms with van der Waals surface area (Å²) in [5, 5.41) is 15.7. The van der Waals surface area contributed by atoms with Crippen LogP contribution >= 0.6 is 0 Å². The third kappa shape index (κ3) is 4.25. The van der Waals surface area contributed by atoms with Crippen molar-refractivity contribution in [3.05, 3.63) is 47.9 Å². The van der Waals surface area contributed by atoms with Gasteiger partial charge in [0.15, 0.2) is 0 Å². The third-order valence-corrected chi connectivity index (χ3v) is 4.19. The number of benzene rings is 1. The topological polar surface area (TPSA) is 99.2 Å². The van der Waals surface area contributed by atoms with Gasteiger partial charge in [-0.15, -0.1) is 10.2 Å². The van der Waals surface area contributed by atoms with E-state index in [1.807, 2.05) is 6.07 Å². The molecule has 0 atom stereocenters. The molecule has 1 aromatic carbocycles. The maximum atomic E-state index is 14.9. The zero-order chi connectivity index (χ0) is 20.6. The van der Waals surface area contributed by atoms with Crippen LogP contribution in [0.15, 0.2) is 34.7 Å². The van der Waals surface area contributed by atoms with E-state index in [0.29, 0.717) is 11.6 Å². The number of carbonyl (C=O) groups excluding carboxylic acids is 1. The van der Waals surface area contributed by atoms with Crippen LogP contribution in [-0.2, 0) is 11.3 Å². The number of para-hydroxylation sites is 1. The molecule has 0 aliphatic heterocycles. The molecule has 0 bridgehead atoms. The fraction of sp³-hybridized carbons (Fsp3) is 0.421. The molecule has 10 heteroatoms. The van der Waals surface area contributed by atoms with Gasteiger partial charge in [0.2, 0.25) is 11.8 Å². The molecule has 2 aromatic heterocycles. The van der Waals surface area contributed by atoms with E-state index in [0.717, 1.165) is 22.4 Å². The SMILES string of the molecule is CC(C)(C)OC(=O)N(Cc1nnn(-c2ccccc2)c1F)c1nnc(C2CC2)o1. The van der Waals surface area contributed by atoms with E-state index in [2.05, 4.69) is 20.5 Å². The van der Waals surface area contributed by atoms with Crippen LogP contribution in [0.2, 0.25) is 0 Å². The van der Waals surface area contributed by atoms with Crippen molar-refractivity contribution < 1.29 is 18.3 Å². The summed E-state index contributed by atoms with van der Waals surface area (Å²) < 4.78 is 27.1. The second-order valence-electron chi connectivity index (χ2n) is 7.84. The number of carbonyl (C=O) groups is 1. The summed E-state index contributed by atoms with van der Waals surface area (Å²) in [5.41, 5.74) is -0.290. The quantitative estimate of drug-likeness (QED) is 0.645. The molecule has 4 rings (SSSR count). The Bertz CT molecular complexity index is 1010. The molecule has 0 N–H and O–H groups in total. The van der Waals surface area contributed by atoms with Crippen molar-refractivity contribution in [3.8, 4) is 5.69 Å².